The SMILES string of the molecule is O=C(O)CCn1c(-c2cccc(OC(F)(F)F)c2)c(-c2ccncc2)c2cc(C3CC3)ccc21. The number of carboxylic acids is 1. The first-order valence-corrected chi connectivity index (χ1v) is 10.9. The summed E-state index contributed by atoms with van der Waals surface area (Å²) in [5, 5.41) is 10.3. The summed E-state index contributed by atoms with van der Waals surface area (Å²) < 4.78 is 44.8. The van der Waals surface area contributed by atoms with E-state index in [1.54, 1.807) is 18.5 Å². The Kier molecular flexibility index (Phi) is 5.51. The second-order valence-corrected chi connectivity index (χ2v) is 8.38. The van der Waals surface area contributed by atoms with E-state index < -0.39 is 12.3 Å². The maximum atomic E-state index is 12.9. The molecule has 1 N–H and O–H groups in total. The van der Waals surface area contributed by atoms with Crippen LogP contribution in [0.2, 0.25) is 0 Å². The van der Waals surface area contributed by atoms with Crippen molar-refractivity contribution in [2.75, 3.05) is 0 Å². The number of aromatic nitrogens is 2. The van der Waals surface area contributed by atoms with Crippen molar-refractivity contribution in [1.29, 1.82) is 0 Å². The van der Waals surface area contributed by atoms with Crippen LogP contribution in [0.25, 0.3) is 33.3 Å². The van der Waals surface area contributed by atoms with Crippen LogP contribution >= 0.6 is 0 Å². The van der Waals surface area contributed by atoms with Gasteiger partial charge in [0.05, 0.1) is 12.1 Å². The molecule has 2 aromatic heterocycles. The third-order valence-electron chi connectivity index (χ3n) is 6.00. The molecule has 174 valence electrons. The number of carbonyl (C=O) groups is 1. The van der Waals surface area contributed by atoms with Gasteiger partial charge in [-0.05, 0) is 66.3 Å². The minimum Gasteiger partial charge on any atom is -0.481 e. The number of nitrogens with zero attached hydrogens (tertiary/aromatic N) is 2. The largest absolute Gasteiger partial charge is 0.573 e. The molecule has 34 heavy (non-hydrogen) atoms. The van der Waals surface area contributed by atoms with Gasteiger partial charge in [-0.2, -0.15) is 0 Å². The first-order valence-electron chi connectivity index (χ1n) is 10.9. The smallest absolute Gasteiger partial charge is 0.481 e. The standard InChI is InChI=1S/C26H21F3N2O3/c27-26(28,29)34-20-3-1-2-19(14-20)25-24(17-8-11-30-12-9-17)21-15-18(16-4-5-16)6-7-22(21)31(25)13-10-23(32)33/h1-3,6-9,11-12,14-16H,4-5,10,13H2,(H,32,33). The van der Waals surface area contributed by atoms with Crippen LogP contribution in [0, 0.1) is 0 Å². The first kappa shape index (κ1) is 22.0. The van der Waals surface area contributed by atoms with Gasteiger partial charge in [0.2, 0.25) is 0 Å². The number of fused-ring (bicyclic) bond motifs is 1. The van der Waals surface area contributed by atoms with E-state index in [0.29, 0.717) is 17.2 Å². The van der Waals surface area contributed by atoms with Crippen molar-refractivity contribution < 1.29 is 27.8 Å². The van der Waals surface area contributed by atoms with Crippen LogP contribution in [0.1, 0.15) is 30.7 Å². The molecule has 8 heteroatoms. The highest BCUT2D eigenvalue weighted by atomic mass is 19.4. The van der Waals surface area contributed by atoms with E-state index in [9.17, 15) is 23.1 Å². The quantitative estimate of drug-likeness (QED) is 0.332. The van der Waals surface area contributed by atoms with Gasteiger partial charge in [-0.25, -0.2) is 0 Å². The van der Waals surface area contributed by atoms with Crippen molar-refractivity contribution in [2.45, 2.75) is 38.1 Å². The number of aryl methyl sites for hydroxylation is 1. The van der Waals surface area contributed by atoms with E-state index in [-0.39, 0.29) is 18.7 Å². The first-order chi connectivity index (χ1) is 16.3. The number of benzene rings is 2. The molecule has 1 fully saturated rings. The summed E-state index contributed by atoms with van der Waals surface area (Å²) in [5.41, 5.74) is 4.85. The topological polar surface area (TPSA) is 64.3 Å². The molecule has 0 spiro atoms. The minimum absolute atomic E-state index is 0.129. The Morgan fingerprint density at radius 2 is 1.82 bits per heavy atom. The summed E-state index contributed by atoms with van der Waals surface area (Å²) >= 11 is 0. The van der Waals surface area contributed by atoms with Crippen molar-refractivity contribution in [1.82, 2.24) is 9.55 Å². The number of hydrogen-bond donors (Lipinski definition) is 1. The van der Waals surface area contributed by atoms with Gasteiger partial charge in [0.1, 0.15) is 5.75 Å². The molecule has 2 heterocycles. The maximum absolute atomic E-state index is 12.9. The molecule has 0 saturated heterocycles. The van der Waals surface area contributed by atoms with E-state index in [2.05, 4.69) is 21.9 Å². The summed E-state index contributed by atoms with van der Waals surface area (Å²) in [5.74, 6) is -0.787. The summed E-state index contributed by atoms with van der Waals surface area (Å²) in [4.78, 5) is 15.5. The molecule has 0 aliphatic heterocycles. The lowest BCUT2D eigenvalue weighted by Gasteiger charge is -2.14. The summed E-state index contributed by atoms with van der Waals surface area (Å²) in [6.07, 6.45) is 0.622. The Morgan fingerprint density at radius 3 is 2.50 bits per heavy atom. The Morgan fingerprint density at radius 1 is 1.06 bits per heavy atom. The summed E-state index contributed by atoms with van der Waals surface area (Å²) in [7, 11) is 0. The van der Waals surface area contributed by atoms with Gasteiger partial charge in [0.25, 0.3) is 0 Å². The fourth-order valence-electron chi connectivity index (χ4n) is 4.43. The minimum atomic E-state index is -4.82. The zero-order valence-electron chi connectivity index (χ0n) is 18.0. The number of pyridine rings is 1. The van der Waals surface area contributed by atoms with Crippen molar-refractivity contribution in [3.05, 3.63) is 72.6 Å². The van der Waals surface area contributed by atoms with Gasteiger partial charge >= 0.3 is 12.3 Å². The molecule has 5 nitrogen and oxygen atoms in total. The molecule has 0 amide bonds. The zero-order chi connectivity index (χ0) is 23.9. The van der Waals surface area contributed by atoms with Crippen LogP contribution in [-0.4, -0.2) is 27.0 Å². The molecule has 0 atom stereocenters. The van der Waals surface area contributed by atoms with Crippen molar-refractivity contribution in [3.8, 4) is 28.1 Å². The normalized spacial score (nSPS) is 13.9. The van der Waals surface area contributed by atoms with E-state index in [1.807, 2.05) is 22.8 Å². The maximum Gasteiger partial charge on any atom is 0.573 e. The predicted octanol–water partition coefficient (Wildman–Crippen LogP) is 6.62. The van der Waals surface area contributed by atoms with Gasteiger partial charge < -0.3 is 14.4 Å². The van der Waals surface area contributed by atoms with Crippen LogP contribution in [0.3, 0.4) is 0 Å². The number of carboxylic acid groups (broad SMARTS) is 1. The summed E-state index contributed by atoms with van der Waals surface area (Å²) in [6.45, 7) is 0.166. The molecule has 1 aliphatic rings. The van der Waals surface area contributed by atoms with Gasteiger partial charge in [0.15, 0.2) is 0 Å². The van der Waals surface area contributed by atoms with Crippen molar-refractivity contribution in [2.24, 2.45) is 0 Å². The molecule has 1 aliphatic carbocycles. The van der Waals surface area contributed by atoms with Crippen molar-refractivity contribution >= 4 is 16.9 Å². The predicted molar refractivity (Wildman–Crippen MR) is 122 cm³/mol. The Labute approximate surface area is 193 Å². The third kappa shape index (κ3) is 4.48. The average molecular weight is 466 g/mol. The highest BCUT2D eigenvalue weighted by Crippen LogP contribution is 2.46. The van der Waals surface area contributed by atoms with Crippen LogP contribution in [0.4, 0.5) is 13.2 Å². The average Bonchev–Trinajstić information content (AvgIpc) is 3.59. The monoisotopic (exact) mass is 466 g/mol. The number of alkyl halides is 3. The Balaban J connectivity index is 1.78. The van der Waals surface area contributed by atoms with E-state index in [4.69, 9.17) is 0 Å². The zero-order valence-corrected chi connectivity index (χ0v) is 18.0. The van der Waals surface area contributed by atoms with Crippen molar-refractivity contribution in [3.63, 3.8) is 0 Å². The molecular formula is C26H21F3N2O3. The Hall–Kier alpha value is -3.81. The lowest BCUT2D eigenvalue weighted by atomic mass is 9.97. The molecule has 0 unspecified atom stereocenters. The molecule has 1 saturated carbocycles. The highest BCUT2D eigenvalue weighted by molar-refractivity contribution is 6.05. The van der Waals surface area contributed by atoms with Gasteiger partial charge in [-0.3, -0.25) is 9.78 Å². The van der Waals surface area contributed by atoms with Gasteiger partial charge in [0, 0.05) is 41.0 Å². The van der Waals surface area contributed by atoms with Crippen LogP contribution in [-0.2, 0) is 11.3 Å². The molecule has 0 bridgehead atoms. The van der Waals surface area contributed by atoms with E-state index >= 15 is 0 Å². The molecule has 0 radical (unpaired) electrons. The summed E-state index contributed by atoms with van der Waals surface area (Å²) in [6, 6.07) is 15.7. The Bertz CT molecular complexity index is 1360. The lowest BCUT2D eigenvalue weighted by molar-refractivity contribution is -0.274. The number of hydrogen-bond acceptors (Lipinski definition) is 3. The number of ether oxygens (including phenoxy) is 1. The van der Waals surface area contributed by atoms with E-state index in [0.717, 1.165) is 34.9 Å². The molecule has 5 rings (SSSR count). The van der Waals surface area contributed by atoms with Crippen LogP contribution < -0.4 is 4.74 Å². The van der Waals surface area contributed by atoms with Crippen LogP contribution in [0.15, 0.2) is 67.0 Å². The van der Waals surface area contributed by atoms with Gasteiger partial charge in [-0.1, -0.05) is 18.2 Å². The number of halogens is 3. The number of aliphatic carboxylic acids is 1. The third-order valence-corrected chi connectivity index (χ3v) is 6.00. The fraction of sp³-hybridized carbons (Fsp3) is 0.231. The van der Waals surface area contributed by atoms with E-state index in [1.165, 1.54) is 23.8 Å². The number of rotatable bonds is 7. The fourth-order valence-corrected chi connectivity index (χ4v) is 4.43. The second-order valence-electron chi connectivity index (χ2n) is 8.38. The van der Waals surface area contributed by atoms with Crippen LogP contribution in [0.5, 0.6) is 5.75 Å². The highest BCUT2D eigenvalue weighted by Gasteiger charge is 2.31. The molecular weight excluding hydrogens is 445 g/mol. The second kappa shape index (κ2) is 8.52. The molecule has 2 aromatic carbocycles. The molecule has 4 aromatic rings. The lowest BCUT2D eigenvalue weighted by Crippen LogP contribution is -2.17. The van der Waals surface area contributed by atoms with Gasteiger partial charge in [-0.15, -0.1) is 13.2 Å².